The summed E-state index contributed by atoms with van der Waals surface area (Å²) in [4.78, 5) is 17.7. The van der Waals surface area contributed by atoms with Crippen LogP contribution < -0.4 is 10.4 Å². The van der Waals surface area contributed by atoms with Crippen molar-refractivity contribution in [2.75, 3.05) is 26.2 Å². The molecule has 1 saturated heterocycles. The van der Waals surface area contributed by atoms with E-state index in [0.717, 1.165) is 64.2 Å². The maximum absolute atomic E-state index is 12.5. The van der Waals surface area contributed by atoms with Gasteiger partial charge in [-0.15, -0.1) is 11.3 Å². The first-order chi connectivity index (χ1) is 17.6. The summed E-state index contributed by atoms with van der Waals surface area (Å²) >= 11 is 1.68. The molecular formula is C27H29N5O3S. The number of fused-ring (bicyclic) bond motifs is 2. The number of aliphatic hydroxyl groups excluding tert-OH is 1. The molecule has 1 fully saturated rings. The van der Waals surface area contributed by atoms with E-state index < -0.39 is 6.10 Å². The Balaban J connectivity index is 1.04. The zero-order chi connectivity index (χ0) is 24.6. The maximum Gasteiger partial charge on any atom is 0.326 e. The number of aliphatic hydroxyl groups is 1. The van der Waals surface area contributed by atoms with Gasteiger partial charge in [-0.2, -0.15) is 5.10 Å². The molecule has 9 heteroatoms. The number of hydrogen-bond donors (Lipinski definition) is 2. The number of aromatic amines is 1. The fourth-order valence-corrected chi connectivity index (χ4v) is 6.17. The van der Waals surface area contributed by atoms with E-state index in [1.807, 2.05) is 64.8 Å². The second-order valence-corrected chi connectivity index (χ2v) is 10.4. The average molecular weight is 504 g/mol. The van der Waals surface area contributed by atoms with Gasteiger partial charge in [-0.3, -0.25) is 9.25 Å². The Bertz CT molecular complexity index is 1560. The molecular weight excluding hydrogens is 474 g/mol. The van der Waals surface area contributed by atoms with Gasteiger partial charge in [0, 0.05) is 38.3 Å². The predicted octanol–water partition coefficient (Wildman–Crippen LogP) is 4.02. The summed E-state index contributed by atoms with van der Waals surface area (Å²) in [5.74, 6) is 0.722. The van der Waals surface area contributed by atoms with Crippen molar-refractivity contribution in [1.82, 2.24) is 24.2 Å². The molecule has 8 nitrogen and oxygen atoms in total. The first kappa shape index (κ1) is 23.0. The SMILES string of the molecule is Cn1nc(-c2cccc(OC[C@H](O)CN3CCC(n4c(=O)[nH]c5ccccc54)CC3)c2)c2sccc21. The number of hydrogen-bond acceptors (Lipinski definition) is 6. The third-order valence-electron chi connectivity index (χ3n) is 7.02. The van der Waals surface area contributed by atoms with Crippen LogP contribution in [0.25, 0.3) is 32.5 Å². The summed E-state index contributed by atoms with van der Waals surface area (Å²) in [7, 11) is 1.96. The lowest BCUT2D eigenvalue weighted by Gasteiger charge is -2.33. The van der Waals surface area contributed by atoms with Crippen molar-refractivity contribution in [3.63, 3.8) is 0 Å². The minimum atomic E-state index is -0.597. The fourth-order valence-electron chi connectivity index (χ4n) is 5.25. The molecule has 1 aliphatic heterocycles. The summed E-state index contributed by atoms with van der Waals surface area (Å²) in [6, 6.07) is 18.0. The second kappa shape index (κ2) is 9.57. The van der Waals surface area contributed by atoms with Crippen molar-refractivity contribution >= 4 is 32.6 Å². The van der Waals surface area contributed by atoms with Crippen LogP contribution in [0, 0.1) is 0 Å². The first-order valence-corrected chi connectivity index (χ1v) is 13.2. The number of nitrogens with zero attached hydrogens (tertiary/aromatic N) is 4. The number of nitrogens with one attached hydrogen (secondary N) is 1. The van der Waals surface area contributed by atoms with E-state index in [0.29, 0.717) is 6.54 Å². The highest BCUT2D eigenvalue weighted by Gasteiger charge is 2.25. The standard InChI is InChI=1S/C27H29N5O3S/c1-30-24-11-14-36-26(24)25(29-30)18-5-4-6-21(15-18)35-17-20(33)16-31-12-9-19(10-13-31)32-23-8-3-2-7-22(23)28-27(32)34/h2-8,11,14-15,19-20,33H,9-10,12-13,16-17H2,1H3,(H,28,34)/t20-/m1/s1. The summed E-state index contributed by atoms with van der Waals surface area (Å²) in [6.45, 7) is 2.44. The number of aryl methyl sites for hydroxylation is 1. The van der Waals surface area contributed by atoms with Crippen molar-refractivity contribution < 1.29 is 9.84 Å². The Morgan fingerprint density at radius 2 is 1.97 bits per heavy atom. The zero-order valence-electron chi connectivity index (χ0n) is 20.1. The maximum atomic E-state index is 12.5. The number of piperidine rings is 1. The monoisotopic (exact) mass is 503 g/mol. The van der Waals surface area contributed by atoms with Gasteiger partial charge in [0.2, 0.25) is 0 Å². The van der Waals surface area contributed by atoms with E-state index in [4.69, 9.17) is 4.74 Å². The van der Waals surface area contributed by atoms with Crippen molar-refractivity contribution in [2.45, 2.75) is 25.0 Å². The van der Waals surface area contributed by atoms with Crippen molar-refractivity contribution in [1.29, 1.82) is 0 Å². The number of para-hydroxylation sites is 2. The van der Waals surface area contributed by atoms with Crippen LogP contribution in [0.4, 0.5) is 0 Å². The van der Waals surface area contributed by atoms with E-state index >= 15 is 0 Å². The number of β-amino-alcohol motifs (C(OH)–C–C–N with tert-alkyl or cyclic N) is 1. The van der Waals surface area contributed by atoms with Crippen molar-refractivity contribution in [3.8, 4) is 17.0 Å². The topological polar surface area (TPSA) is 88.3 Å². The number of aromatic nitrogens is 4. The minimum absolute atomic E-state index is 0.0455. The summed E-state index contributed by atoms with van der Waals surface area (Å²) in [6.07, 6.45) is 1.15. The van der Waals surface area contributed by atoms with Gasteiger partial charge in [-0.05, 0) is 48.6 Å². The van der Waals surface area contributed by atoms with Crippen molar-refractivity contribution in [2.24, 2.45) is 7.05 Å². The predicted molar refractivity (Wildman–Crippen MR) is 143 cm³/mol. The molecule has 0 bridgehead atoms. The van der Waals surface area contributed by atoms with Gasteiger partial charge in [0.05, 0.1) is 21.3 Å². The third kappa shape index (κ3) is 4.34. The number of rotatable bonds is 7. The van der Waals surface area contributed by atoms with Crippen molar-refractivity contribution in [3.05, 3.63) is 70.5 Å². The molecule has 0 spiro atoms. The lowest BCUT2D eigenvalue weighted by atomic mass is 10.0. The van der Waals surface area contributed by atoms with Crippen LogP contribution in [0.2, 0.25) is 0 Å². The van der Waals surface area contributed by atoms with Crippen LogP contribution in [-0.2, 0) is 7.05 Å². The van der Waals surface area contributed by atoms with Crippen LogP contribution >= 0.6 is 11.3 Å². The zero-order valence-corrected chi connectivity index (χ0v) is 20.9. The highest BCUT2D eigenvalue weighted by Crippen LogP contribution is 2.33. The van der Waals surface area contributed by atoms with Crippen LogP contribution in [0.15, 0.2) is 64.8 Å². The number of ether oxygens (including phenoxy) is 1. The van der Waals surface area contributed by atoms with Crippen LogP contribution in [0.1, 0.15) is 18.9 Å². The summed E-state index contributed by atoms with van der Waals surface area (Å²) in [5.41, 5.74) is 4.87. The van der Waals surface area contributed by atoms with Gasteiger partial charge in [0.25, 0.3) is 0 Å². The Hall–Kier alpha value is -3.40. The normalized spacial score (nSPS) is 16.2. The molecule has 2 N–H and O–H groups in total. The van der Waals surface area contributed by atoms with E-state index in [1.54, 1.807) is 11.3 Å². The molecule has 0 saturated carbocycles. The molecule has 5 aromatic rings. The molecule has 1 atom stereocenters. The highest BCUT2D eigenvalue weighted by atomic mass is 32.1. The van der Waals surface area contributed by atoms with E-state index in [2.05, 4.69) is 26.4 Å². The average Bonchev–Trinajstić information content (AvgIpc) is 3.58. The molecule has 0 amide bonds. The third-order valence-corrected chi connectivity index (χ3v) is 7.93. The lowest BCUT2D eigenvalue weighted by molar-refractivity contribution is 0.0559. The fraction of sp³-hybridized carbons (Fsp3) is 0.333. The summed E-state index contributed by atoms with van der Waals surface area (Å²) < 4.78 is 10.9. The number of thiophene rings is 1. The minimum Gasteiger partial charge on any atom is -0.491 e. The number of benzene rings is 2. The molecule has 1 aliphatic rings. The molecule has 36 heavy (non-hydrogen) atoms. The smallest absolute Gasteiger partial charge is 0.326 e. The molecule has 0 unspecified atom stereocenters. The Labute approximate surface area is 212 Å². The number of likely N-dealkylation sites (tertiary alicyclic amines) is 1. The second-order valence-electron chi connectivity index (χ2n) is 9.45. The molecule has 4 heterocycles. The van der Waals surface area contributed by atoms with Gasteiger partial charge in [-0.25, -0.2) is 4.79 Å². The van der Waals surface area contributed by atoms with E-state index in [-0.39, 0.29) is 18.3 Å². The van der Waals surface area contributed by atoms with Gasteiger partial charge < -0.3 is 19.7 Å². The largest absolute Gasteiger partial charge is 0.491 e. The quantitative estimate of drug-likeness (QED) is 0.350. The van der Waals surface area contributed by atoms with E-state index in [9.17, 15) is 9.90 Å². The highest BCUT2D eigenvalue weighted by molar-refractivity contribution is 7.17. The first-order valence-electron chi connectivity index (χ1n) is 12.3. The van der Waals surface area contributed by atoms with Crippen LogP contribution in [0.3, 0.4) is 0 Å². The van der Waals surface area contributed by atoms with Crippen LogP contribution in [0.5, 0.6) is 5.75 Å². The molecule has 0 aliphatic carbocycles. The molecule has 3 aromatic heterocycles. The van der Waals surface area contributed by atoms with E-state index in [1.165, 1.54) is 0 Å². The van der Waals surface area contributed by atoms with Gasteiger partial charge >= 0.3 is 5.69 Å². The van der Waals surface area contributed by atoms with Gasteiger partial charge in [0.15, 0.2) is 0 Å². The van der Waals surface area contributed by atoms with Gasteiger partial charge in [0.1, 0.15) is 24.2 Å². The number of imidazole rings is 1. The summed E-state index contributed by atoms with van der Waals surface area (Å²) in [5, 5.41) is 17.4. The Morgan fingerprint density at radius 3 is 2.83 bits per heavy atom. The Kier molecular flexibility index (Phi) is 6.12. The Morgan fingerprint density at radius 1 is 1.14 bits per heavy atom. The molecule has 2 aromatic carbocycles. The molecule has 186 valence electrons. The van der Waals surface area contributed by atoms with Gasteiger partial charge in [-0.1, -0.05) is 24.3 Å². The molecule has 6 rings (SSSR count). The lowest BCUT2D eigenvalue weighted by Crippen LogP contribution is -2.42. The van der Waals surface area contributed by atoms with Crippen LogP contribution in [-0.4, -0.2) is 61.7 Å². The number of H-pyrrole nitrogens is 1. The molecule has 0 radical (unpaired) electrons.